The maximum Gasteiger partial charge on any atom is 0.138 e. The van der Waals surface area contributed by atoms with Crippen LogP contribution in [0.5, 0.6) is 11.5 Å². The van der Waals surface area contributed by atoms with Crippen molar-refractivity contribution < 1.29 is 19.4 Å². The second kappa shape index (κ2) is 6.78. The van der Waals surface area contributed by atoms with E-state index in [1.54, 1.807) is 31.4 Å². The molecule has 0 heterocycles. The Bertz CT molecular complexity index is 345. The molecule has 0 spiro atoms. The number of carboxylic acid groups (broad SMARTS) is 1. The number of hydrogen-bond acceptors (Lipinski definition) is 4. The lowest BCUT2D eigenvalue weighted by Crippen LogP contribution is -2.39. The van der Waals surface area contributed by atoms with Crippen LogP contribution in [0.1, 0.15) is 26.2 Å². The zero-order valence-electron chi connectivity index (χ0n) is 10.1. The number of rotatable bonds is 7. The molecule has 4 heteroatoms. The van der Waals surface area contributed by atoms with Crippen LogP contribution in [-0.4, -0.2) is 19.2 Å². The van der Waals surface area contributed by atoms with Crippen LogP contribution >= 0.6 is 0 Å². The van der Waals surface area contributed by atoms with Crippen LogP contribution in [0.15, 0.2) is 24.3 Å². The first kappa shape index (κ1) is 13.4. The third-order valence-electron chi connectivity index (χ3n) is 2.42. The molecule has 0 aromatic heterocycles. The molecule has 0 saturated heterocycles. The molecule has 0 amide bonds. The van der Waals surface area contributed by atoms with Gasteiger partial charge in [-0.05, 0) is 37.1 Å². The molecule has 0 aliphatic heterocycles. The SMILES string of the molecule is CCCCC(Oc1ccc(OC)cc1)C(=O)[O-]. The van der Waals surface area contributed by atoms with Gasteiger partial charge in [-0.3, -0.25) is 0 Å². The normalized spacial score (nSPS) is 11.9. The van der Waals surface area contributed by atoms with Crippen molar-refractivity contribution >= 4 is 5.97 Å². The lowest BCUT2D eigenvalue weighted by molar-refractivity contribution is -0.313. The van der Waals surface area contributed by atoms with E-state index >= 15 is 0 Å². The summed E-state index contributed by atoms with van der Waals surface area (Å²) in [6.45, 7) is 2.00. The first-order chi connectivity index (χ1) is 8.17. The van der Waals surface area contributed by atoms with Crippen molar-refractivity contribution in [1.82, 2.24) is 0 Å². The Hall–Kier alpha value is -1.71. The quantitative estimate of drug-likeness (QED) is 0.719. The lowest BCUT2D eigenvalue weighted by Gasteiger charge is -2.19. The number of ether oxygens (including phenoxy) is 2. The largest absolute Gasteiger partial charge is 0.546 e. The topological polar surface area (TPSA) is 58.6 Å². The van der Waals surface area contributed by atoms with E-state index in [-0.39, 0.29) is 0 Å². The highest BCUT2D eigenvalue weighted by Crippen LogP contribution is 2.19. The maximum atomic E-state index is 10.9. The van der Waals surface area contributed by atoms with Gasteiger partial charge in [0.1, 0.15) is 17.6 Å². The molecule has 94 valence electrons. The highest BCUT2D eigenvalue weighted by atomic mass is 16.5. The van der Waals surface area contributed by atoms with Gasteiger partial charge in [0.15, 0.2) is 0 Å². The predicted molar refractivity (Wildman–Crippen MR) is 61.9 cm³/mol. The molecule has 4 nitrogen and oxygen atoms in total. The molecule has 0 radical (unpaired) electrons. The van der Waals surface area contributed by atoms with Crippen molar-refractivity contribution in [3.05, 3.63) is 24.3 Å². The fraction of sp³-hybridized carbons (Fsp3) is 0.462. The van der Waals surface area contributed by atoms with E-state index in [2.05, 4.69) is 0 Å². The molecular weight excluding hydrogens is 220 g/mol. The second-order valence-electron chi connectivity index (χ2n) is 3.74. The summed E-state index contributed by atoms with van der Waals surface area (Å²) in [6.07, 6.45) is 1.30. The first-order valence-corrected chi connectivity index (χ1v) is 5.69. The third-order valence-corrected chi connectivity index (χ3v) is 2.42. The van der Waals surface area contributed by atoms with Crippen LogP contribution in [0.4, 0.5) is 0 Å². The van der Waals surface area contributed by atoms with Crippen molar-refractivity contribution in [1.29, 1.82) is 0 Å². The summed E-state index contributed by atoms with van der Waals surface area (Å²) in [7, 11) is 1.57. The number of benzene rings is 1. The smallest absolute Gasteiger partial charge is 0.138 e. The fourth-order valence-electron chi connectivity index (χ4n) is 1.43. The monoisotopic (exact) mass is 237 g/mol. The Morgan fingerprint density at radius 1 is 1.29 bits per heavy atom. The summed E-state index contributed by atoms with van der Waals surface area (Å²) in [6, 6.07) is 6.81. The van der Waals surface area contributed by atoms with Crippen molar-refractivity contribution in [3.8, 4) is 11.5 Å². The van der Waals surface area contributed by atoms with Crippen LogP contribution in [0.2, 0.25) is 0 Å². The minimum Gasteiger partial charge on any atom is -0.546 e. The minimum absolute atomic E-state index is 0.463. The number of aliphatic carboxylic acids is 1. The van der Waals surface area contributed by atoms with E-state index in [0.29, 0.717) is 17.9 Å². The average Bonchev–Trinajstić information content (AvgIpc) is 2.35. The highest BCUT2D eigenvalue weighted by molar-refractivity contribution is 5.70. The van der Waals surface area contributed by atoms with Gasteiger partial charge in [-0.2, -0.15) is 0 Å². The van der Waals surface area contributed by atoms with Gasteiger partial charge >= 0.3 is 0 Å². The van der Waals surface area contributed by atoms with Gasteiger partial charge in [0.05, 0.1) is 13.1 Å². The number of methoxy groups -OCH3 is 1. The number of carboxylic acids is 1. The number of hydrogen-bond donors (Lipinski definition) is 0. The van der Waals surface area contributed by atoms with E-state index in [0.717, 1.165) is 12.8 Å². The molecule has 1 atom stereocenters. The summed E-state index contributed by atoms with van der Waals surface area (Å²) in [5.41, 5.74) is 0. The molecule has 0 bridgehead atoms. The number of carbonyl (C=O) groups is 1. The Balaban J connectivity index is 2.61. The molecular formula is C13H17O4-. The molecule has 1 aromatic rings. The Labute approximate surface area is 101 Å². The van der Waals surface area contributed by atoms with Gasteiger partial charge in [0.25, 0.3) is 0 Å². The van der Waals surface area contributed by atoms with E-state index in [4.69, 9.17) is 9.47 Å². The van der Waals surface area contributed by atoms with Gasteiger partial charge in [0, 0.05) is 0 Å². The Kier molecular flexibility index (Phi) is 5.33. The maximum absolute atomic E-state index is 10.9. The predicted octanol–water partition coefficient (Wildman–Crippen LogP) is 1.38. The van der Waals surface area contributed by atoms with Crippen molar-refractivity contribution in [2.45, 2.75) is 32.3 Å². The Morgan fingerprint density at radius 2 is 1.88 bits per heavy atom. The summed E-state index contributed by atoms with van der Waals surface area (Å²) < 4.78 is 10.4. The minimum atomic E-state index is -1.17. The zero-order chi connectivity index (χ0) is 12.7. The van der Waals surface area contributed by atoms with E-state index in [1.807, 2.05) is 6.92 Å². The van der Waals surface area contributed by atoms with E-state index in [9.17, 15) is 9.90 Å². The molecule has 0 aliphatic carbocycles. The summed E-state index contributed by atoms with van der Waals surface area (Å²) in [4.78, 5) is 10.9. The van der Waals surface area contributed by atoms with Crippen molar-refractivity contribution in [2.75, 3.05) is 7.11 Å². The number of unbranched alkanes of at least 4 members (excludes halogenated alkanes) is 1. The van der Waals surface area contributed by atoms with Gasteiger partial charge in [-0.15, -0.1) is 0 Å². The van der Waals surface area contributed by atoms with Gasteiger partial charge < -0.3 is 19.4 Å². The average molecular weight is 237 g/mol. The zero-order valence-corrected chi connectivity index (χ0v) is 10.1. The molecule has 1 aromatic carbocycles. The summed E-state index contributed by atoms with van der Waals surface area (Å²) in [5.74, 6) is 0.0429. The molecule has 0 N–H and O–H groups in total. The van der Waals surface area contributed by atoms with Crippen molar-refractivity contribution in [2.24, 2.45) is 0 Å². The summed E-state index contributed by atoms with van der Waals surface area (Å²) in [5, 5.41) is 10.9. The molecule has 0 aliphatic rings. The first-order valence-electron chi connectivity index (χ1n) is 5.69. The molecule has 0 saturated carbocycles. The molecule has 1 rings (SSSR count). The van der Waals surface area contributed by atoms with Gasteiger partial charge in [0.2, 0.25) is 0 Å². The third kappa shape index (κ3) is 4.34. The summed E-state index contributed by atoms with van der Waals surface area (Å²) >= 11 is 0. The van der Waals surface area contributed by atoms with Crippen LogP contribution in [0, 0.1) is 0 Å². The molecule has 1 unspecified atom stereocenters. The van der Waals surface area contributed by atoms with Crippen LogP contribution in [0.25, 0.3) is 0 Å². The number of carbonyl (C=O) groups excluding carboxylic acids is 1. The highest BCUT2D eigenvalue weighted by Gasteiger charge is 2.11. The van der Waals surface area contributed by atoms with E-state index in [1.165, 1.54) is 0 Å². The molecule has 17 heavy (non-hydrogen) atoms. The van der Waals surface area contributed by atoms with Gasteiger partial charge in [-0.1, -0.05) is 13.3 Å². The van der Waals surface area contributed by atoms with E-state index < -0.39 is 12.1 Å². The van der Waals surface area contributed by atoms with Crippen LogP contribution in [-0.2, 0) is 4.79 Å². The standard InChI is InChI=1S/C13H18O4/c1-3-4-5-12(13(14)15)17-11-8-6-10(16-2)7-9-11/h6-9,12H,3-5H2,1-2H3,(H,14,15)/p-1. The lowest BCUT2D eigenvalue weighted by atomic mass is 10.1. The second-order valence-corrected chi connectivity index (χ2v) is 3.74. The van der Waals surface area contributed by atoms with Gasteiger partial charge in [-0.25, -0.2) is 0 Å². The Morgan fingerprint density at radius 3 is 2.35 bits per heavy atom. The molecule has 0 fully saturated rings. The van der Waals surface area contributed by atoms with Crippen molar-refractivity contribution in [3.63, 3.8) is 0 Å². The van der Waals surface area contributed by atoms with Crippen LogP contribution < -0.4 is 14.6 Å². The van der Waals surface area contributed by atoms with Crippen LogP contribution in [0.3, 0.4) is 0 Å². The fourth-order valence-corrected chi connectivity index (χ4v) is 1.43.